The minimum absolute atomic E-state index is 0.284. The molecule has 1 heterocycles. The molecule has 1 atom stereocenters. The number of carboxylic acids is 1. The third-order valence-electron chi connectivity index (χ3n) is 2.19. The van der Waals surface area contributed by atoms with Gasteiger partial charge in [-0.15, -0.1) is 0 Å². The van der Waals surface area contributed by atoms with Gasteiger partial charge in [0, 0.05) is 6.42 Å². The van der Waals surface area contributed by atoms with Crippen molar-refractivity contribution in [2.45, 2.75) is 45.7 Å². The number of carboxylic acid groups (broad SMARTS) is 1. The summed E-state index contributed by atoms with van der Waals surface area (Å²) in [5.74, 6) is 0.214. The van der Waals surface area contributed by atoms with Crippen molar-refractivity contribution in [1.29, 1.82) is 0 Å². The Morgan fingerprint density at radius 3 is 3.00 bits per heavy atom. The maximum absolute atomic E-state index is 10.5. The molecule has 0 aliphatic heterocycles. The maximum Gasteiger partial charge on any atom is 0.320 e. The van der Waals surface area contributed by atoms with Gasteiger partial charge in [-0.3, -0.25) is 10.1 Å². The largest absolute Gasteiger partial charge is 0.480 e. The highest BCUT2D eigenvalue weighted by molar-refractivity contribution is 5.72. The predicted octanol–water partition coefficient (Wildman–Crippen LogP) is 0.975. The summed E-state index contributed by atoms with van der Waals surface area (Å²) in [7, 11) is 0. The lowest BCUT2D eigenvalue weighted by atomic mass is 10.2. The zero-order valence-electron chi connectivity index (χ0n) is 9.56. The van der Waals surface area contributed by atoms with E-state index in [2.05, 4.69) is 22.4 Å². The lowest BCUT2D eigenvalue weighted by Gasteiger charge is -2.05. The summed E-state index contributed by atoms with van der Waals surface area (Å²) in [6, 6.07) is -0.619. The van der Waals surface area contributed by atoms with Crippen LogP contribution in [0.4, 0.5) is 0 Å². The van der Waals surface area contributed by atoms with Gasteiger partial charge in [0.2, 0.25) is 5.89 Å². The normalized spacial score (nSPS) is 12.6. The monoisotopic (exact) mass is 227 g/mol. The van der Waals surface area contributed by atoms with E-state index in [0.717, 1.165) is 19.3 Å². The number of unbranched alkanes of at least 4 members (excludes halogenated alkanes) is 1. The minimum atomic E-state index is -0.897. The van der Waals surface area contributed by atoms with Gasteiger partial charge in [0.15, 0.2) is 5.82 Å². The molecule has 0 radical (unpaired) electrons. The molecule has 0 bridgehead atoms. The van der Waals surface area contributed by atoms with E-state index in [1.807, 2.05) is 0 Å². The quantitative estimate of drug-likeness (QED) is 0.721. The molecule has 0 saturated carbocycles. The molecule has 6 heteroatoms. The molecule has 0 fully saturated rings. The van der Waals surface area contributed by atoms with E-state index in [1.165, 1.54) is 0 Å². The Hall–Kier alpha value is -1.43. The highest BCUT2D eigenvalue weighted by Crippen LogP contribution is 2.02. The maximum atomic E-state index is 10.5. The molecule has 6 nitrogen and oxygen atoms in total. The van der Waals surface area contributed by atoms with E-state index >= 15 is 0 Å². The van der Waals surface area contributed by atoms with Crippen LogP contribution >= 0.6 is 0 Å². The molecule has 0 aromatic carbocycles. The molecule has 0 aliphatic carbocycles. The van der Waals surface area contributed by atoms with E-state index in [1.54, 1.807) is 6.92 Å². The molecule has 0 aliphatic rings. The van der Waals surface area contributed by atoms with Gasteiger partial charge in [-0.1, -0.05) is 18.5 Å². The van der Waals surface area contributed by atoms with Crippen LogP contribution in [-0.2, 0) is 17.8 Å². The van der Waals surface area contributed by atoms with E-state index in [0.29, 0.717) is 11.7 Å². The van der Waals surface area contributed by atoms with Crippen LogP contribution in [0.15, 0.2) is 4.52 Å². The Balaban J connectivity index is 2.37. The first-order chi connectivity index (χ1) is 7.63. The van der Waals surface area contributed by atoms with Gasteiger partial charge in [-0.25, -0.2) is 0 Å². The number of nitrogens with zero attached hydrogens (tertiary/aromatic N) is 2. The number of rotatable bonds is 7. The summed E-state index contributed by atoms with van der Waals surface area (Å²) in [6.45, 7) is 3.94. The molecule has 0 unspecified atom stereocenters. The fraction of sp³-hybridized carbons (Fsp3) is 0.700. The van der Waals surface area contributed by atoms with Crippen molar-refractivity contribution in [3.8, 4) is 0 Å². The molecule has 90 valence electrons. The SMILES string of the molecule is CCCCc1noc(CN[C@H](C)C(=O)O)n1. The Morgan fingerprint density at radius 1 is 1.62 bits per heavy atom. The van der Waals surface area contributed by atoms with Crippen molar-refractivity contribution >= 4 is 5.97 Å². The number of aromatic nitrogens is 2. The van der Waals surface area contributed by atoms with Crippen LogP contribution in [0.25, 0.3) is 0 Å². The lowest BCUT2D eigenvalue weighted by molar-refractivity contribution is -0.139. The fourth-order valence-corrected chi connectivity index (χ4v) is 1.13. The first kappa shape index (κ1) is 12.6. The van der Waals surface area contributed by atoms with Crippen LogP contribution in [0.5, 0.6) is 0 Å². The smallest absolute Gasteiger partial charge is 0.320 e. The Morgan fingerprint density at radius 2 is 2.38 bits per heavy atom. The van der Waals surface area contributed by atoms with Gasteiger partial charge in [0.05, 0.1) is 6.54 Å². The van der Waals surface area contributed by atoms with Crippen LogP contribution in [0.3, 0.4) is 0 Å². The molecule has 0 amide bonds. The van der Waals surface area contributed by atoms with Crippen molar-refractivity contribution in [3.05, 3.63) is 11.7 Å². The second-order valence-electron chi connectivity index (χ2n) is 3.65. The highest BCUT2D eigenvalue weighted by atomic mass is 16.5. The summed E-state index contributed by atoms with van der Waals surface area (Å²) in [5.41, 5.74) is 0. The van der Waals surface area contributed by atoms with E-state index in [9.17, 15) is 4.79 Å². The van der Waals surface area contributed by atoms with Crippen molar-refractivity contribution in [2.24, 2.45) is 0 Å². The number of hydrogen-bond acceptors (Lipinski definition) is 5. The second kappa shape index (κ2) is 6.22. The average molecular weight is 227 g/mol. The van der Waals surface area contributed by atoms with E-state index in [-0.39, 0.29) is 6.54 Å². The molecular weight excluding hydrogens is 210 g/mol. The molecular formula is C10H17N3O3. The van der Waals surface area contributed by atoms with Crippen LogP contribution in [0.2, 0.25) is 0 Å². The summed E-state index contributed by atoms with van der Waals surface area (Å²) in [6.07, 6.45) is 2.91. The van der Waals surface area contributed by atoms with E-state index < -0.39 is 12.0 Å². The Labute approximate surface area is 94.0 Å². The van der Waals surface area contributed by atoms with Gasteiger partial charge in [-0.05, 0) is 13.3 Å². The number of nitrogens with one attached hydrogen (secondary N) is 1. The lowest BCUT2D eigenvalue weighted by Crippen LogP contribution is -2.33. The summed E-state index contributed by atoms with van der Waals surface area (Å²) in [4.78, 5) is 14.7. The third kappa shape index (κ3) is 3.98. The molecule has 1 rings (SSSR count). The Kier molecular flexibility index (Phi) is 4.91. The van der Waals surface area contributed by atoms with Crippen LogP contribution in [0.1, 0.15) is 38.4 Å². The topological polar surface area (TPSA) is 88.2 Å². The van der Waals surface area contributed by atoms with Crippen molar-refractivity contribution < 1.29 is 14.4 Å². The zero-order valence-corrected chi connectivity index (χ0v) is 9.56. The van der Waals surface area contributed by atoms with Gasteiger partial charge in [-0.2, -0.15) is 4.98 Å². The predicted molar refractivity (Wildman–Crippen MR) is 56.8 cm³/mol. The van der Waals surface area contributed by atoms with Crippen molar-refractivity contribution in [2.75, 3.05) is 0 Å². The minimum Gasteiger partial charge on any atom is -0.480 e. The number of hydrogen-bond donors (Lipinski definition) is 2. The van der Waals surface area contributed by atoms with Gasteiger partial charge in [0.25, 0.3) is 0 Å². The average Bonchev–Trinajstić information content (AvgIpc) is 2.70. The molecule has 16 heavy (non-hydrogen) atoms. The Bertz CT molecular complexity index is 338. The number of aryl methyl sites for hydroxylation is 1. The van der Waals surface area contributed by atoms with Gasteiger partial charge >= 0.3 is 5.97 Å². The summed E-state index contributed by atoms with van der Waals surface area (Å²) < 4.78 is 4.98. The summed E-state index contributed by atoms with van der Waals surface area (Å²) in [5, 5.41) is 15.2. The number of carbonyl (C=O) groups is 1. The second-order valence-corrected chi connectivity index (χ2v) is 3.65. The summed E-state index contributed by atoms with van der Waals surface area (Å²) >= 11 is 0. The highest BCUT2D eigenvalue weighted by Gasteiger charge is 2.12. The molecule has 0 spiro atoms. The van der Waals surface area contributed by atoms with Crippen LogP contribution in [-0.4, -0.2) is 27.3 Å². The van der Waals surface area contributed by atoms with Gasteiger partial charge in [0.1, 0.15) is 6.04 Å². The fourth-order valence-electron chi connectivity index (χ4n) is 1.13. The zero-order chi connectivity index (χ0) is 12.0. The number of aliphatic carboxylic acids is 1. The third-order valence-corrected chi connectivity index (χ3v) is 2.19. The van der Waals surface area contributed by atoms with Crippen LogP contribution < -0.4 is 5.32 Å². The van der Waals surface area contributed by atoms with Crippen molar-refractivity contribution in [3.63, 3.8) is 0 Å². The molecule has 1 aromatic rings. The van der Waals surface area contributed by atoms with Gasteiger partial charge < -0.3 is 9.63 Å². The molecule has 1 aromatic heterocycles. The first-order valence-electron chi connectivity index (χ1n) is 5.41. The van der Waals surface area contributed by atoms with Crippen LogP contribution in [0, 0.1) is 0 Å². The first-order valence-corrected chi connectivity index (χ1v) is 5.41. The van der Waals surface area contributed by atoms with Crippen molar-refractivity contribution in [1.82, 2.24) is 15.5 Å². The van der Waals surface area contributed by atoms with E-state index in [4.69, 9.17) is 9.63 Å². The molecule has 2 N–H and O–H groups in total. The standard InChI is InChI=1S/C10H17N3O3/c1-3-4-5-8-12-9(16-13-8)6-11-7(2)10(14)15/h7,11H,3-6H2,1-2H3,(H,14,15)/t7-/m1/s1. The molecule has 0 saturated heterocycles.